The minimum atomic E-state index is 0.526. The van der Waals surface area contributed by atoms with Gasteiger partial charge in [0.15, 0.2) is 0 Å². The largest absolute Gasteiger partial charge is 0.378 e. The SMILES string of the molecule is C(CCCN1CCCC1)CCOC1CCN(N2CCCC2)CC1. The molecule has 0 atom stereocenters. The zero-order valence-electron chi connectivity index (χ0n) is 15.1. The molecule has 0 aromatic heterocycles. The Balaban J connectivity index is 1.14. The average molecular weight is 324 g/mol. The quantitative estimate of drug-likeness (QED) is 0.607. The van der Waals surface area contributed by atoms with Gasteiger partial charge in [0.25, 0.3) is 0 Å². The number of nitrogens with zero attached hydrogens (tertiary/aromatic N) is 3. The third kappa shape index (κ3) is 6.00. The normalized spacial score (nSPS) is 25.6. The first-order valence-corrected chi connectivity index (χ1v) is 10.3. The number of hydrogen-bond donors (Lipinski definition) is 0. The van der Waals surface area contributed by atoms with E-state index in [1.165, 1.54) is 110 Å². The van der Waals surface area contributed by atoms with E-state index in [9.17, 15) is 0 Å². The fourth-order valence-electron chi connectivity index (χ4n) is 4.32. The maximum atomic E-state index is 6.12. The third-order valence-corrected chi connectivity index (χ3v) is 5.82. The molecule has 3 aliphatic rings. The van der Waals surface area contributed by atoms with E-state index < -0.39 is 0 Å². The highest BCUT2D eigenvalue weighted by atomic mass is 16.5. The summed E-state index contributed by atoms with van der Waals surface area (Å²) in [4.78, 5) is 2.63. The number of unbranched alkanes of at least 4 members (excludes halogenated alkanes) is 3. The van der Waals surface area contributed by atoms with Gasteiger partial charge in [-0.3, -0.25) is 0 Å². The molecule has 0 saturated carbocycles. The summed E-state index contributed by atoms with van der Waals surface area (Å²) in [5, 5.41) is 5.14. The second kappa shape index (κ2) is 9.97. The number of piperidine rings is 1. The van der Waals surface area contributed by atoms with Crippen molar-refractivity contribution in [2.45, 2.75) is 70.3 Å². The molecule has 23 heavy (non-hydrogen) atoms. The van der Waals surface area contributed by atoms with Crippen molar-refractivity contribution in [3.05, 3.63) is 0 Å². The fourth-order valence-corrected chi connectivity index (χ4v) is 4.32. The summed E-state index contributed by atoms with van der Waals surface area (Å²) in [6, 6.07) is 0. The lowest BCUT2D eigenvalue weighted by molar-refractivity contribution is -0.0681. The van der Waals surface area contributed by atoms with Crippen LogP contribution in [0.15, 0.2) is 0 Å². The molecular weight excluding hydrogens is 286 g/mol. The molecule has 0 amide bonds. The lowest BCUT2D eigenvalue weighted by atomic mass is 10.1. The van der Waals surface area contributed by atoms with Crippen molar-refractivity contribution in [3.63, 3.8) is 0 Å². The molecule has 3 heterocycles. The van der Waals surface area contributed by atoms with Crippen molar-refractivity contribution in [1.29, 1.82) is 0 Å². The van der Waals surface area contributed by atoms with Crippen LogP contribution in [0.1, 0.15) is 64.2 Å². The van der Waals surface area contributed by atoms with Crippen molar-refractivity contribution in [2.75, 3.05) is 52.4 Å². The predicted octanol–water partition coefficient (Wildman–Crippen LogP) is 3.13. The summed E-state index contributed by atoms with van der Waals surface area (Å²) in [7, 11) is 0. The molecule has 0 N–H and O–H groups in total. The van der Waals surface area contributed by atoms with Gasteiger partial charge < -0.3 is 9.64 Å². The smallest absolute Gasteiger partial charge is 0.0600 e. The summed E-state index contributed by atoms with van der Waals surface area (Å²) in [6.07, 6.45) is 14.0. The number of ether oxygens (including phenoxy) is 1. The lowest BCUT2D eigenvalue weighted by Gasteiger charge is -2.37. The molecule has 3 aliphatic heterocycles. The van der Waals surface area contributed by atoms with Crippen LogP contribution in [0, 0.1) is 0 Å². The van der Waals surface area contributed by atoms with Crippen molar-refractivity contribution in [3.8, 4) is 0 Å². The number of likely N-dealkylation sites (tertiary alicyclic amines) is 1. The molecule has 0 aromatic carbocycles. The second-order valence-corrected chi connectivity index (χ2v) is 7.65. The van der Waals surface area contributed by atoms with E-state index in [0.29, 0.717) is 6.10 Å². The summed E-state index contributed by atoms with van der Waals surface area (Å²) < 4.78 is 6.12. The van der Waals surface area contributed by atoms with Crippen LogP contribution in [-0.2, 0) is 4.74 Å². The molecule has 0 bridgehead atoms. The van der Waals surface area contributed by atoms with Crippen LogP contribution < -0.4 is 0 Å². The standard InChI is InChI=1S/C19H37N3O/c1(3-11-20-12-4-5-13-20)2-8-18-23-19-9-16-22(17-10-19)21-14-6-7-15-21/h19H,1-18H2. The van der Waals surface area contributed by atoms with Crippen molar-refractivity contribution in [1.82, 2.24) is 14.9 Å². The first kappa shape index (κ1) is 17.7. The molecule has 3 saturated heterocycles. The first-order chi connectivity index (χ1) is 11.4. The van der Waals surface area contributed by atoms with Crippen LogP contribution in [0.5, 0.6) is 0 Å². The summed E-state index contributed by atoms with van der Waals surface area (Å²) in [6.45, 7) is 9.99. The lowest BCUT2D eigenvalue weighted by Crippen LogP contribution is -2.47. The Morgan fingerprint density at radius 2 is 1.26 bits per heavy atom. The van der Waals surface area contributed by atoms with E-state index in [1.54, 1.807) is 0 Å². The minimum Gasteiger partial charge on any atom is -0.378 e. The van der Waals surface area contributed by atoms with Crippen molar-refractivity contribution < 1.29 is 4.74 Å². The minimum absolute atomic E-state index is 0.526. The number of rotatable bonds is 9. The Morgan fingerprint density at radius 1 is 0.652 bits per heavy atom. The van der Waals surface area contributed by atoms with Crippen LogP contribution in [0.3, 0.4) is 0 Å². The van der Waals surface area contributed by atoms with Crippen molar-refractivity contribution >= 4 is 0 Å². The highest BCUT2D eigenvalue weighted by Crippen LogP contribution is 2.19. The number of hydrogen-bond acceptors (Lipinski definition) is 4. The van der Waals surface area contributed by atoms with Crippen LogP contribution >= 0.6 is 0 Å². The number of hydrazine groups is 1. The van der Waals surface area contributed by atoms with E-state index in [2.05, 4.69) is 14.9 Å². The second-order valence-electron chi connectivity index (χ2n) is 7.65. The Bertz CT molecular complexity index is 306. The molecule has 3 fully saturated rings. The fraction of sp³-hybridized carbons (Fsp3) is 1.00. The Kier molecular flexibility index (Phi) is 7.66. The third-order valence-electron chi connectivity index (χ3n) is 5.82. The van der Waals surface area contributed by atoms with Gasteiger partial charge in [-0.2, -0.15) is 0 Å². The van der Waals surface area contributed by atoms with Gasteiger partial charge in [0.1, 0.15) is 0 Å². The van der Waals surface area contributed by atoms with Gasteiger partial charge in [-0.15, -0.1) is 0 Å². The summed E-state index contributed by atoms with van der Waals surface area (Å²) in [5.74, 6) is 0. The Labute approximate surface area is 143 Å². The van der Waals surface area contributed by atoms with Gasteiger partial charge in [0.05, 0.1) is 6.10 Å². The van der Waals surface area contributed by atoms with Crippen LogP contribution in [0.25, 0.3) is 0 Å². The predicted molar refractivity (Wildman–Crippen MR) is 95.5 cm³/mol. The van der Waals surface area contributed by atoms with E-state index in [4.69, 9.17) is 4.74 Å². The highest BCUT2D eigenvalue weighted by Gasteiger charge is 2.25. The molecule has 134 valence electrons. The van der Waals surface area contributed by atoms with Crippen molar-refractivity contribution in [2.24, 2.45) is 0 Å². The topological polar surface area (TPSA) is 19.0 Å². The van der Waals surface area contributed by atoms with Gasteiger partial charge in [-0.25, -0.2) is 10.0 Å². The molecule has 3 rings (SSSR count). The summed E-state index contributed by atoms with van der Waals surface area (Å²) in [5.41, 5.74) is 0. The van der Waals surface area contributed by atoms with Crippen LogP contribution in [-0.4, -0.2) is 73.4 Å². The molecular formula is C19H37N3O. The molecule has 4 nitrogen and oxygen atoms in total. The molecule has 0 aromatic rings. The van der Waals surface area contributed by atoms with E-state index in [1.807, 2.05) is 0 Å². The zero-order valence-corrected chi connectivity index (χ0v) is 15.1. The van der Waals surface area contributed by atoms with Gasteiger partial charge in [0, 0.05) is 32.8 Å². The molecule has 0 aliphatic carbocycles. The van der Waals surface area contributed by atoms with Gasteiger partial charge in [-0.1, -0.05) is 12.8 Å². The van der Waals surface area contributed by atoms with Crippen LogP contribution in [0.2, 0.25) is 0 Å². The van der Waals surface area contributed by atoms with E-state index >= 15 is 0 Å². The molecule has 0 spiro atoms. The zero-order chi connectivity index (χ0) is 15.7. The first-order valence-electron chi connectivity index (χ1n) is 10.3. The molecule has 0 unspecified atom stereocenters. The Morgan fingerprint density at radius 3 is 2.00 bits per heavy atom. The van der Waals surface area contributed by atoms with E-state index in [0.717, 1.165) is 6.61 Å². The Hall–Kier alpha value is -0.160. The maximum Gasteiger partial charge on any atom is 0.0600 e. The van der Waals surface area contributed by atoms with Crippen LogP contribution in [0.4, 0.5) is 0 Å². The monoisotopic (exact) mass is 323 g/mol. The van der Waals surface area contributed by atoms with E-state index in [-0.39, 0.29) is 0 Å². The average Bonchev–Trinajstić information content (AvgIpc) is 3.28. The van der Waals surface area contributed by atoms with Gasteiger partial charge in [-0.05, 0) is 71.0 Å². The summed E-state index contributed by atoms with van der Waals surface area (Å²) >= 11 is 0. The molecule has 4 heteroatoms. The van der Waals surface area contributed by atoms with Gasteiger partial charge >= 0.3 is 0 Å². The van der Waals surface area contributed by atoms with Gasteiger partial charge in [0.2, 0.25) is 0 Å². The highest BCUT2D eigenvalue weighted by molar-refractivity contribution is 4.74. The molecule has 0 radical (unpaired) electrons. The maximum absolute atomic E-state index is 6.12.